The molecule has 6 heteroatoms. The lowest BCUT2D eigenvalue weighted by molar-refractivity contribution is 0.480. The fourth-order valence-corrected chi connectivity index (χ4v) is 2.15. The van der Waals surface area contributed by atoms with Gasteiger partial charge < -0.3 is 10.4 Å². The lowest BCUT2D eigenvalue weighted by Gasteiger charge is -2.09. The van der Waals surface area contributed by atoms with Gasteiger partial charge in [0.25, 0.3) is 0 Å². The maximum Gasteiger partial charge on any atom is 0.141 e. The van der Waals surface area contributed by atoms with Crippen LogP contribution in [0, 0.1) is 0 Å². The molecule has 0 saturated heterocycles. The Hall–Kier alpha value is -2.63. The van der Waals surface area contributed by atoms with Crippen LogP contribution in [-0.2, 0) is 13.5 Å². The van der Waals surface area contributed by atoms with Gasteiger partial charge in [0, 0.05) is 43.5 Å². The number of rotatable bonds is 4. The van der Waals surface area contributed by atoms with Crippen molar-refractivity contribution in [1.82, 2.24) is 20.0 Å². The van der Waals surface area contributed by atoms with E-state index in [1.165, 1.54) is 0 Å². The molecule has 20 heavy (non-hydrogen) atoms. The third kappa shape index (κ3) is 2.40. The molecule has 2 aromatic heterocycles. The zero-order valence-corrected chi connectivity index (χ0v) is 11.1. The molecule has 0 aliphatic rings. The van der Waals surface area contributed by atoms with Crippen molar-refractivity contribution in [2.75, 3.05) is 11.9 Å². The van der Waals surface area contributed by atoms with Crippen LogP contribution in [0.5, 0.6) is 5.75 Å². The number of aromatic nitrogens is 4. The normalized spacial score (nSPS) is 10.8. The second kappa shape index (κ2) is 5.16. The van der Waals surface area contributed by atoms with Crippen molar-refractivity contribution < 1.29 is 5.11 Å². The van der Waals surface area contributed by atoms with Crippen molar-refractivity contribution in [3.8, 4) is 5.75 Å². The Kier molecular flexibility index (Phi) is 3.20. The fourth-order valence-electron chi connectivity index (χ4n) is 2.15. The topological polar surface area (TPSA) is 75.9 Å². The molecule has 1 aromatic carbocycles. The lowest BCUT2D eigenvalue weighted by atomic mass is 10.1. The Morgan fingerprint density at radius 3 is 3.00 bits per heavy atom. The van der Waals surface area contributed by atoms with E-state index in [1.807, 2.05) is 31.4 Å². The summed E-state index contributed by atoms with van der Waals surface area (Å²) < 4.78 is 1.69. The van der Waals surface area contributed by atoms with Gasteiger partial charge in [-0.1, -0.05) is 17.3 Å². The van der Waals surface area contributed by atoms with Crippen LogP contribution in [0.2, 0.25) is 0 Å². The van der Waals surface area contributed by atoms with E-state index >= 15 is 0 Å². The van der Waals surface area contributed by atoms with Gasteiger partial charge in [0.1, 0.15) is 11.3 Å². The summed E-state index contributed by atoms with van der Waals surface area (Å²) >= 11 is 0. The van der Waals surface area contributed by atoms with Crippen molar-refractivity contribution in [1.29, 1.82) is 0 Å². The zero-order valence-electron chi connectivity index (χ0n) is 11.1. The number of anilines is 1. The summed E-state index contributed by atoms with van der Waals surface area (Å²) in [5, 5.41) is 22.0. The van der Waals surface area contributed by atoms with Crippen LogP contribution in [0.3, 0.4) is 0 Å². The summed E-state index contributed by atoms with van der Waals surface area (Å²) in [6, 6.07) is 7.29. The quantitative estimate of drug-likeness (QED) is 0.754. The first-order valence-electron chi connectivity index (χ1n) is 6.40. The first-order chi connectivity index (χ1) is 9.74. The Bertz CT molecular complexity index is 737. The van der Waals surface area contributed by atoms with Crippen molar-refractivity contribution in [2.45, 2.75) is 6.42 Å². The molecular formula is C14H15N5O. The van der Waals surface area contributed by atoms with Gasteiger partial charge in [0.15, 0.2) is 0 Å². The van der Waals surface area contributed by atoms with E-state index in [4.69, 9.17) is 0 Å². The number of phenols is 1. The van der Waals surface area contributed by atoms with Crippen LogP contribution in [0.1, 0.15) is 5.69 Å². The summed E-state index contributed by atoms with van der Waals surface area (Å²) in [5.74, 6) is 0.195. The minimum atomic E-state index is 0.195. The van der Waals surface area contributed by atoms with Gasteiger partial charge in [0.2, 0.25) is 0 Å². The molecule has 0 bridgehead atoms. The highest BCUT2D eigenvalue weighted by Crippen LogP contribution is 2.27. The molecule has 102 valence electrons. The molecule has 0 atom stereocenters. The number of hydrogen-bond donors (Lipinski definition) is 2. The number of aryl methyl sites for hydroxylation is 1. The predicted octanol–water partition coefficient (Wildman–Crippen LogP) is 1.72. The highest BCUT2D eigenvalue weighted by molar-refractivity contribution is 5.94. The first kappa shape index (κ1) is 12.4. The Labute approximate surface area is 116 Å². The molecule has 0 radical (unpaired) electrons. The van der Waals surface area contributed by atoms with Crippen LogP contribution >= 0.6 is 0 Å². The van der Waals surface area contributed by atoms with Crippen molar-refractivity contribution in [3.05, 3.63) is 42.4 Å². The van der Waals surface area contributed by atoms with E-state index in [-0.39, 0.29) is 5.75 Å². The molecule has 0 fully saturated rings. The van der Waals surface area contributed by atoms with E-state index in [2.05, 4.69) is 20.6 Å². The first-order valence-corrected chi connectivity index (χ1v) is 6.40. The van der Waals surface area contributed by atoms with Crippen molar-refractivity contribution in [3.63, 3.8) is 0 Å². The second-order valence-electron chi connectivity index (χ2n) is 4.59. The maximum atomic E-state index is 9.79. The Morgan fingerprint density at radius 2 is 2.20 bits per heavy atom. The van der Waals surface area contributed by atoms with Gasteiger partial charge >= 0.3 is 0 Å². The smallest absolute Gasteiger partial charge is 0.141 e. The summed E-state index contributed by atoms with van der Waals surface area (Å²) in [7, 11) is 1.85. The molecule has 3 rings (SSSR count). The third-order valence-electron chi connectivity index (χ3n) is 3.10. The van der Waals surface area contributed by atoms with Crippen LogP contribution in [0.4, 0.5) is 5.69 Å². The molecule has 3 aromatic rings. The summed E-state index contributed by atoms with van der Waals surface area (Å²) in [5.41, 5.74) is 2.51. The SMILES string of the molecule is Cn1cc(CCNc2ccnc3c(O)cccc23)nn1. The predicted molar refractivity (Wildman–Crippen MR) is 76.6 cm³/mol. The maximum absolute atomic E-state index is 9.79. The van der Waals surface area contributed by atoms with Crippen LogP contribution in [0.25, 0.3) is 10.9 Å². The highest BCUT2D eigenvalue weighted by atomic mass is 16.3. The second-order valence-corrected chi connectivity index (χ2v) is 4.59. The summed E-state index contributed by atoms with van der Waals surface area (Å²) in [6.07, 6.45) is 4.38. The lowest BCUT2D eigenvalue weighted by Crippen LogP contribution is -2.05. The molecule has 0 aliphatic carbocycles. The standard InChI is InChI=1S/C14H15N5O/c1-19-9-10(17-18-19)5-7-15-12-6-8-16-14-11(12)3-2-4-13(14)20/h2-4,6,8-9,20H,5,7H2,1H3,(H,15,16). The van der Waals surface area contributed by atoms with E-state index in [0.717, 1.165) is 29.7 Å². The molecule has 0 spiro atoms. The van der Waals surface area contributed by atoms with Crippen molar-refractivity contribution >= 4 is 16.6 Å². The molecule has 0 aliphatic heterocycles. The number of nitrogens with one attached hydrogen (secondary N) is 1. The van der Waals surface area contributed by atoms with Crippen LogP contribution < -0.4 is 5.32 Å². The monoisotopic (exact) mass is 269 g/mol. The molecule has 6 nitrogen and oxygen atoms in total. The minimum absolute atomic E-state index is 0.195. The Morgan fingerprint density at radius 1 is 1.30 bits per heavy atom. The van der Waals surface area contributed by atoms with Gasteiger partial charge in [0.05, 0.1) is 5.69 Å². The van der Waals surface area contributed by atoms with E-state index < -0.39 is 0 Å². The number of aromatic hydroxyl groups is 1. The number of benzene rings is 1. The number of fused-ring (bicyclic) bond motifs is 1. The number of phenolic OH excluding ortho intramolecular Hbond substituents is 1. The highest BCUT2D eigenvalue weighted by Gasteiger charge is 2.05. The third-order valence-corrected chi connectivity index (χ3v) is 3.10. The van der Waals surface area contributed by atoms with E-state index in [0.29, 0.717) is 5.52 Å². The van der Waals surface area contributed by atoms with E-state index in [9.17, 15) is 5.11 Å². The zero-order chi connectivity index (χ0) is 13.9. The van der Waals surface area contributed by atoms with Gasteiger partial charge in [-0.05, 0) is 12.1 Å². The number of hydrogen-bond acceptors (Lipinski definition) is 5. The summed E-state index contributed by atoms with van der Waals surface area (Å²) in [6.45, 7) is 0.744. The Balaban J connectivity index is 1.76. The minimum Gasteiger partial charge on any atom is -0.506 e. The molecular weight excluding hydrogens is 254 g/mol. The number of pyridine rings is 1. The number of para-hydroxylation sites is 1. The van der Waals surface area contributed by atoms with E-state index in [1.54, 1.807) is 16.9 Å². The molecule has 0 amide bonds. The van der Waals surface area contributed by atoms with Gasteiger partial charge in [-0.3, -0.25) is 9.67 Å². The van der Waals surface area contributed by atoms with Crippen LogP contribution in [-0.4, -0.2) is 31.6 Å². The summed E-state index contributed by atoms with van der Waals surface area (Å²) in [4.78, 5) is 4.20. The molecule has 0 saturated carbocycles. The molecule has 2 heterocycles. The van der Waals surface area contributed by atoms with Gasteiger partial charge in [-0.15, -0.1) is 5.10 Å². The average Bonchev–Trinajstić information content (AvgIpc) is 2.86. The van der Waals surface area contributed by atoms with Gasteiger partial charge in [-0.25, -0.2) is 0 Å². The molecule has 0 unspecified atom stereocenters. The van der Waals surface area contributed by atoms with Crippen LogP contribution in [0.15, 0.2) is 36.7 Å². The van der Waals surface area contributed by atoms with Crippen molar-refractivity contribution in [2.24, 2.45) is 7.05 Å². The fraction of sp³-hybridized carbons (Fsp3) is 0.214. The largest absolute Gasteiger partial charge is 0.506 e. The molecule has 2 N–H and O–H groups in total. The number of nitrogens with zero attached hydrogens (tertiary/aromatic N) is 4. The van der Waals surface area contributed by atoms with Gasteiger partial charge in [-0.2, -0.15) is 0 Å². The average molecular weight is 269 g/mol.